The number of halogens is 1. The fourth-order valence-electron chi connectivity index (χ4n) is 3.20. The number of carbonyl (C=O) groups is 1. The number of carbonyl (C=O) groups excluding carboxylic acids is 1. The molecule has 0 radical (unpaired) electrons. The van der Waals surface area contributed by atoms with E-state index in [1.54, 1.807) is 30.3 Å². The Morgan fingerprint density at radius 2 is 2.04 bits per heavy atom. The Balaban J connectivity index is 1.78. The molecule has 1 heterocycles. The SMILES string of the molecule is Cc1cc(Cl)ccc1NC(=O)CN1c2ccc(S(N)(=O)=O)cc2C[C@@H]1C. The van der Waals surface area contributed by atoms with Gasteiger partial charge in [0.25, 0.3) is 0 Å². The molecular formula is C18H20ClN3O3S. The Labute approximate surface area is 158 Å². The minimum absolute atomic E-state index is 0.0813. The molecule has 2 aromatic rings. The first-order valence-electron chi connectivity index (χ1n) is 8.13. The third-order valence-electron chi connectivity index (χ3n) is 4.51. The van der Waals surface area contributed by atoms with Crippen molar-refractivity contribution < 1.29 is 13.2 Å². The maximum atomic E-state index is 12.5. The van der Waals surface area contributed by atoms with Crippen molar-refractivity contribution >= 4 is 38.9 Å². The van der Waals surface area contributed by atoms with Gasteiger partial charge in [-0.2, -0.15) is 0 Å². The van der Waals surface area contributed by atoms with Crippen LogP contribution < -0.4 is 15.4 Å². The number of nitrogens with one attached hydrogen (secondary N) is 1. The molecular weight excluding hydrogens is 374 g/mol. The lowest BCUT2D eigenvalue weighted by Gasteiger charge is -2.24. The Morgan fingerprint density at radius 1 is 1.31 bits per heavy atom. The highest BCUT2D eigenvalue weighted by Gasteiger charge is 2.28. The quantitative estimate of drug-likeness (QED) is 0.835. The molecule has 0 fully saturated rings. The standard InChI is InChI=1S/C18H20ClN3O3S/c1-11-7-14(19)3-5-16(11)21-18(23)10-22-12(2)8-13-9-15(26(20,24)25)4-6-17(13)22/h3-7,9,12H,8,10H2,1-2H3,(H,21,23)(H2,20,24,25)/t12-/m0/s1. The number of sulfonamides is 1. The van der Waals surface area contributed by atoms with Crippen molar-refractivity contribution in [1.29, 1.82) is 0 Å². The van der Waals surface area contributed by atoms with Gasteiger partial charge in [0.05, 0.1) is 11.4 Å². The number of rotatable bonds is 4. The average molecular weight is 394 g/mol. The van der Waals surface area contributed by atoms with E-state index >= 15 is 0 Å². The van der Waals surface area contributed by atoms with E-state index in [4.69, 9.17) is 16.7 Å². The van der Waals surface area contributed by atoms with Gasteiger partial charge >= 0.3 is 0 Å². The van der Waals surface area contributed by atoms with E-state index in [-0.39, 0.29) is 23.4 Å². The van der Waals surface area contributed by atoms with E-state index in [1.165, 1.54) is 6.07 Å². The van der Waals surface area contributed by atoms with Gasteiger partial charge in [-0.15, -0.1) is 0 Å². The Kier molecular flexibility index (Phi) is 4.96. The third kappa shape index (κ3) is 3.85. The predicted molar refractivity (Wildman–Crippen MR) is 103 cm³/mol. The summed E-state index contributed by atoms with van der Waals surface area (Å²) in [5.41, 5.74) is 3.34. The van der Waals surface area contributed by atoms with Crippen molar-refractivity contribution in [2.75, 3.05) is 16.8 Å². The minimum Gasteiger partial charge on any atom is -0.359 e. The molecule has 6 nitrogen and oxygen atoms in total. The fraction of sp³-hybridized carbons (Fsp3) is 0.278. The van der Waals surface area contributed by atoms with Gasteiger partial charge in [0.2, 0.25) is 15.9 Å². The van der Waals surface area contributed by atoms with Crippen molar-refractivity contribution in [3.8, 4) is 0 Å². The maximum Gasteiger partial charge on any atom is 0.243 e. The van der Waals surface area contributed by atoms with Crippen LogP contribution in [0.25, 0.3) is 0 Å². The second-order valence-corrected chi connectivity index (χ2v) is 8.52. The highest BCUT2D eigenvalue weighted by molar-refractivity contribution is 7.89. The number of anilines is 2. The molecule has 0 spiro atoms. The summed E-state index contributed by atoms with van der Waals surface area (Å²) < 4.78 is 23.0. The number of benzene rings is 2. The van der Waals surface area contributed by atoms with Crippen LogP contribution >= 0.6 is 11.6 Å². The van der Waals surface area contributed by atoms with Crippen LogP contribution in [-0.4, -0.2) is 26.9 Å². The van der Waals surface area contributed by atoms with Crippen LogP contribution in [0.3, 0.4) is 0 Å². The molecule has 1 amide bonds. The second kappa shape index (κ2) is 6.90. The second-order valence-electron chi connectivity index (χ2n) is 6.52. The Morgan fingerprint density at radius 3 is 2.69 bits per heavy atom. The first-order chi connectivity index (χ1) is 12.1. The lowest BCUT2D eigenvalue weighted by atomic mass is 10.1. The zero-order chi connectivity index (χ0) is 19.1. The van der Waals surface area contributed by atoms with Crippen LogP contribution in [-0.2, 0) is 21.2 Å². The Hall–Kier alpha value is -2.09. The summed E-state index contributed by atoms with van der Waals surface area (Å²) in [4.78, 5) is 14.5. The average Bonchev–Trinajstić information content (AvgIpc) is 2.84. The number of hydrogen-bond acceptors (Lipinski definition) is 4. The molecule has 138 valence electrons. The van der Waals surface area contributed by atoms with Crippen molar-refractivity contribution in [3.05, 3.63) is 52.5 Å². The molecule has 0 aliphatic carbocycles. The number of aryl methyl sites for hydroxylation is 1. The van der Waals surface area contributed by atoms with Gasteiger partial charge in [-0.1, -0.05) is 11.6 Å². The van der Waals surface area contributed by atoms with Crippen LogP contribution in [0, 0.1) is 6.92 Å². The summed E-state index contributed by atoms with van der Waals surface area (Å²) in [6.07, 6.45) is 0.659. The molecule has 0 unspecified atom stereocenters. The number of fused-ring (bicyclic) bond motifs is 1. The van der Waals surface area contributed by atoms with Gasteiger partial charge in [-0.25, -0.2) is 13.6 Å². The van der Waals surface area contributed by atoms with Crippen molar-refractivity contribution in [2.45, 2.75) is 31.2 Å². The van der Waals surface area contributed by atoms with Gasteiger partial charge in [0, 0.05) is 22.4 Å². The highest BCUT2D eigenvalue weighted by Crippen LogP contribution is 2.33. The van der Waals surface area contributed by atoms with Crippen LogP contribution in [0.2, 0.25) is 5.02 Å². The van der Waals surface area contributed by atoms with E-state index < -0.39 is 10.0 Å². The van der Waals surface area contributed by atoms with Gasteiger partial charge in [-0.3, -0.25) is 4.79 Å². The van der Waals surface area contributed by atoms with Gasteiger partial charge < -0.3 is 10.2 Å². The van der Waals surface area contributed by atoms with Crippen LogP contribution in [0.5, 0.6) is 0 Å². The van der Waals surface area contributed by atoms with Crippen molar-refractivity contribution in [2.24, 2.45) is 5.14 Å². The number of nitrogens with zero attached hydrogens (tertiary/aromatic N) is 1. The normalized spacial score (nSPS) is 16.5. The van der Waals surface area contributed by atoms with Gasteiger partial charge in [-0.05, 0) is 67.8 Å². The largest absolute Gasteiger partial charge is 0.359 e. The first-order valence-corrected chi connectivity index (χ1v) is 10.1. The number of nitrogens with two attached hydrogens (primary N) is 1. The molecule has 3 rings (SSSR count). The molecule has 0 saturated heterocycles. The summed E-state index contributed by atoms with van der Waals surface area (Å²) in [5.74, 6) is -0.148. The van der Waals surface area contributed by atoms with E-state index in [0.29, 0.717) is 11.4 Å². The molecule has 0 saturated carbocycles. The number of primary sulfonamides is 1. The minimum atomic E-state index is -3.74. The molecule has 1 aliphatic rings. The van der Waals surface area contributed by atoms with E-state index in [1.807, 2.05) is 18.7 Å². The zero-order valence-electron chi connectivity index (χ0n) is 14.5. The third-order valence-corrected chi connectivity index (χ3v) is 5.66. The summed E-state index contributed by atoms with van der Waals surface area (Å²) >= 11 is 5.94. The molecule has 3 N–H and O–H groups in total. The van der Waals surface area contributed by atoms with Crippen molar-refractivity contribution in [3.63, 3.8) is 0 Å². The smallest absolute Gasteiger partial charge is 0.243 e. The molecule has 0 bridgehead atoms. The predicted octanol–water partition coefficient (Wildman–Crippen LogP) is 2.69. The van der Waals surface area contributed by atoms with E-state index in [9.17, 15) is 13.2 Å². The summed E-state index contributed by atoms with van der Waals surface area (Å²) in [7, 11) is -3.74. The van der Waals surface area contributed by atoms with Crippen LogP contribution in [0.4, 0.5) is 11.4 Å². The summed E-state index contributed by atoms with van der Waals surface area (Å²) in [6, 6.07) is 10.1. The molecule has 1 aliphatic heterocycles. The van der Waals surface area contributed by atoms with E-state index in [0.717, 1.165) is 22.5 Å². The molecule has 8 heteroatoms. The van der Waals surface area contributed by atoms with E-state index in [2.05, 4.69) is 5.32 Å². The molecule has 0 aromatic heterocycles. The fourth-order valence-corrected chi connectivity index (χ4v) is 3.99. The van der Waals surface area contributed by atoms with Crippen molar-refractivity contribution in [1.82, 2.24) is 0 Å². The van der Waals surface area contributed by atoms with Gasteiger partial charge in [0.15, 0.2) is 0 Å². The molecule has 26 heavy (non-hydrogen) atoms. The number of hydrogen-bond donors (Lipinski definition) is 2. The maximum absolute atomic E-state index is 12.5. The number of amides is 1. The monoisotopic (exact) mass is 393 g/mol. The highest BCUT2D eigenvalue weighted by atomic mass is 35.5. The zero-order valence-corrected chi connectivity index (χ0v) is 16.1. The first kappa shape index (κ1) is 18.7. The van der Waals surface area contributed by atoms with Crippen LogP contribution in [0.15, 0.2) is 41.3 Å². The lowest BCUT2D eigenvalue weighted by Crippen LogP contribution is -2.37. The van der Waals surface area contributed by atoms with Crippen LogP contribution in [0.1, 0.15) is 18.1 Å². The lowest BCUT2D eigenvalue weighted by molar-refractivity contribution is -0.115. The van der Waals surface area contributed by atoms with Gasteiger partial charge in [0.1, 0.15) is 0 Å². The summed E-state index contributed by atoms with van der Waals surface area (Å²) in [6.45, 7) is 4.05. The molecule has 1 atom stereocenters. The topological polar surface area (TPSA) is 92.5 Å². The summed E-state index contributed by atoms with van der Waals surface area (Å²) in [5, 5.41) is 8.71. The Bertz CT molecular complexity index is 976. The molecule has 2 aromatic carbocycles.